The molecule has 66 valence electrons. The van der Waals surface area contributed by atoms with Crippen molar-refractivity contribution in [3.63, 3.8) is 0 Å². The molecule has 0 unspecified atom stereocenters. The molecule has 0 amide bonds. The van der Waals surface area contributed by atoms with Crippen LogP contribution in [0.25, 0.3) is 0 Å². The van der Waals surface area contributed by atoms with Crippen LogP contribution >= 0.6 is 0 Å². The lowest BCUT2D eigenvalue weighted by molar-refractivity contribution is 0.100. The number of H-pyrrole nitrogens is 1. The molecule has 0 fully saturated rings. The van der Waals surface area contributed by atoms with Crippen LogP contribution in [-0.4, -0.2) is 22.4 Å². The second-order valence-electron chi connectivity index (χ2n) is 2.45. The third-order valence-electron chi connectivity index (χ3n) is 1.42. The van der Waals surface area contributed by atoms with Crippen LogP contribution in [0.15, 0.2) is 6.20 Å². The first-order chi connectivity index (χ1) is 5.74. The number of hydrogen-bond acceptors (Lipinski definition) is 3. The number of nitrogens with zero attached hydrogens (tertiary/aromatic N) is 1. The zero-order valence-electron chi connectivity index (χ0n) is 7.26. The number of imidazole rings is 1. The van der Waals surface area contributed by atoms with Crippen LogP contribution in [0.2, 0.25) is 0 Å². The predicted octanol–water partition coefficient (Wildman–Crippen LogP) is 1.15. The van der Waals surface area contributed by atoms with E-state index < -0.39 is 0 Å². The van der Waals surface area contributed by atoms with Crippen molar-refractivity contribution < 1.29 is 9.53 Å². The minimum absolute atomic E-state index is 0.0576. The summed E-state index contributed by atoms with van der Waals surface area (Å²) in [4.78, 5) is 17.5. The van der Waals surface area contributed by atoms with Gasteiger partial charge in [0.05, 0.1) is 18.5 Å². The standard InChI is InChI=1S/C8H12N2O2/c1-3-12-5-7-4-9-8(10-7)6(2)11/h4H,3,5H2,1-2H3,(H,9,10). The molecule has 0 atom stereocenters. The summed E-state index contributed by atoms with van der Waals surface area (Å²) in [6, 6.07) is 0. The van der Waals surface area contributed by atoms with Gasteiger partial charge in [0.1, 0.15) is 0 Å². The van der Waals surface area contributed by atoms with Gasteiger partial charge in [-0.25, -0.2) is 4.98 Å². The SMILES string of the molecule is CCOCc1cnc(C(C)=O)[nH]1. The van der Waals surface area contributed by atoms with Crippen LogP contribution < -0.4 is 0 Å². The lowest BCUT2D eigenvalue weighted by Crippen LogP contribution is -1.96. The van der Waals surface area contributed by atoms with Gasteiger partial charge in [-0.1, -0.05) is 0 Å². The van der Waals surface area contributed by atoms with Gasteiger partial charge in [0.25, 0.3) is 0 Å². The van der Waals surface area contributed by atoms with E-state index in [9.17, 15) is 4.79 Å². The summed E-state index contributed by atoms with van der Waals surface area (Å²) in [5, 5.41) is 0. The van der Waals surface area contributed by atoms with Crippen molar-refractivity contribution >= 4 is 5.78 Å². The van der Waals surface area contributed by atoms with Crippen molar-refractivity contribution in [1.82, 2.24) is 9.97 Å². The highest BCUT2D eigenvalue weighted by molar-refractivity contribution is 5.90. The summed E-state index contributed by atoms with van der Waals surface area (Å²) in [5.41, 5.74) is 0.835. The van der Waals surface area contributed by atoms with E-state index in [0.717, 1.165) is 5.69 Å². The summed E-state index contributed by atoms with van der Waals surface area (Å²) in [7, 11) is 0. The minimum Gasteiger partial charge on any atom is -0.375 e. The van der Waals surface area contributed by atoms with E-state index in [2.05, 4.69) is 9.97 Å². The zero-order chi connectivity index (χ0) is 8.97. The fourth-order valence-corrected chi connectivity index (χ4v) is 0.823. The molecule has 0 spiro atoms. The Morgan fingerprint density at radius 1 is 1.75 bits per heavy atom. The number of rotatable bonds is 4. The molecular formula is C8H12N2O2. The van der Waals surface area contributed by atoms with E-state index in [-0.39, 0.29) is 5.78 Å². The van der Waals surface area contributed by atoms with Gasteiger partial charge in [0, 0.05) is 13.5 Å². The largest absolute Gasteiger partial charge is 0.375 e. The Bertz CT molecular complexity index is 268. The number of aromatic nitrogens is 2. The van der Waals surface area contributed by atoms with Gasteiger partial charge in [0.2, 0.25) is 0 Å². The number of hydrogen-bond donors (Lipinski definition) is 1. The molecule has 1 aromatic rings. The lowest BCUT2D eigenvalue weighted by Gasteiger charge is -1.95. The first kappa shape index (κ1) is 8.93. The molecule has 0 radical (unpaired) electrons. The summed E-state index contributed by atoms with van der Waals surface area (Å²) in [5.74, 6) is 0.336. The van der Waals surface area contributed by atoms with Gasteiger partial charge in [-0.05, 0) is 6.92 Å². The summed E-state index contributed by atoms with van der Waals surface area (Å²) >= 11 is 0. The van der Waals surface area contributed by atoms with Crippen molar-refractivity contribution in [3.8, 4) is 0 Å². The third-order valence-corrected chi connectivity index (χ3v) is 1.42. The smallest absolute Gasteiger partial charge is 0.194 e. The van der Waals surface area contributed by atoms with Crippen LogP contribution in [0, 0.1) is 0 Å². The van der Waals surface area contributed by atoms with E-state index in [0.29, 0.717) is 19.0 Å². The average Bonchev–Trinajstić information content (AvgIpc) is 2.48. The lowest BCUT2D eigenvalue weighted by atomic mass is 10.4. The number of ketones is 1. The Hall–Kier alpha value is -1.16. The quantitative estimate of drug-likeness (QED) is 0.686. The van der Waals surface area contributed by atoms with Crippen molar-refractivity contribution in [2.75, 3.05) is 6.61 Å². The maximum Gasteiger partial charge on any atom is 0.194 e. The Labute approximate surface area is 71.0 Å². The first-order valence-electron chi connectivity index (χ1n) is 3.86. The van der Waals surface area contributed by atoms with Crippen LogP contribution in [-0.2, 0) is 11.3 Å². The van der Waals surface area contributed by atoms with E-state index in [1.54, 1.807) is 6.20 Å². The molecule has 1 heterocycles. The molecule has 0 aliphatic carbocycles. The maximum atomic E-state index is 10.8. The van der Waals surface area contributed by atoms with Crippen LogP contribution in [0.3, 0.4) is 0 Å². The van der Waals surface area contributed by atoms with Gasteiger partial charge in [0.15, 0.2) is 11.6 Å². The molecule has 12 heavy (non-hydrogen) atoms. The highest BCUT2D eigenvalue weighted by Gasteiger charge is 2.03. The molecule has 0 saturated heterocycles. The summed E-state index contributed by atoms with van der Waals surface area (Å²) in [6.07, 6.45) is 1.62. The molecule has 0 bridgehead atoms. The fraction of sp³-hybridized carbons (Fsp3) is 0.500. The van der Waals surface area contributed by atoms with Crippen LogP contribution in [0.4, 0.5) is 0 Å². The molecule has 1 N–H and O–H groups in total. The highest BCUT2D eigenvalue weighted by atomic mass is 16.5. The molecule has 1 aromatic heterocycles. The molecular weight excluding hydrogens is 156 g/mol. The highest BCUT2D eigenvalue weighted by Crippen LogP contribution is 1.99. The second-order valence-corrected chi connectivity index (χ2v) is 2.45. The topological polar surface area (TPSA) is 55.0 Å². The number of ether oxygens (including phenoxy) is 1. The van der Waals surface area contributed by atoms with Gasteiger partial charge >= 0.3 is 0 Å². The first-order valence-corrected chi connectivity index (χ1v) is 3.86. The van der Waals surface area contributed by atoms with E-state index in [4.69, 9.17) is 4.74 Å². The van der Waals surface area contributed by atoms with Crippen molar-refractivity contribution in [1.29, 1.82) is 0 Å². The van der Waals surface area contributed by atoms with Crippen molar-refractivity contribution in [2.24, 2.45) is 0 Å². The molecule has 4 heteroatoms. The zero-order valence-corrected chi connectivity index (χ0v) is 7.26. The monoisotopic (exact) mass is 168 g/mol. The van der Waals surface area contributed by atoms with Gasteiger partial charge in [-0.2, -0.15) is 0 Å². The Kier molecular flexibility index (Phi) is 2.99. The van der Waals surface area contributed by atoms with Crippen molar-refractivity contribution in [3.05, 3.63) is 17.7 Å². The number of aromatic amines is 1. The number of Topliss-reactive ketones (excluding diaryl/α,β-unsaturated/α-hetero) is 1. The molecule has 4 nitrogen and oxygen atoms in total. The number of carbonyl (C=O) groups excluding carboxylic acids is 1. The number of carbonyl (C=O) groups is 1. The van der Waals surface area contributed by atoms with Crippen LogP contribution in [0.1, 0.15) is 30.2 Å². The maximum absolute atomic E-state index is 10.8. The number of nitrogens with one attached hydrogen (secondary N) is 1. The predicted molar refractivity (Wildman–Crippen MR) is 43.9 cm³/mol. The van der Waals surface area contributed by atoms with E-state index >= 15 is 0 Å². The molecule has 0 aliphatic heterocycles. The van der Waals surface area contributed by atoms with Gasteiger partial charge in [-0.15, -0.1) is 0 Å². The average molecular weight is 168 g/mol. The Balaban J connectivity index is 2.58. The van der Waals surface area contributed by atoms with E-state index in [1.165, 1.54) is 6.92 Å². The third kappa shape index (κ3) is 2.17. The Morgan fingerprint density at radius 3 is 3.00 bits per heavy atom. The Morgan fingerprint density at radius 2 is 2.50 bits per heavy atom. The second kappa shape index (κ2) is 4.01. The van der Waals surface area contributed by atoms with Crippen molar-refractivity contribution in [2.45, 2.75) is 20.5 Å². The summed E-state index contributed by atoms with van der Waals surface area (Å²) in [6.45, 7) is 4.54. The molecule has 1 rings (SSSR count). The van der Waals surface area contributed by atoms with Gasteiger partial charge in [-0.3, -0.25) is 4.79 Å². The fourth-order valence-electron chi connectivity index (χ4n) is 0.823. The minimum atomic E-state index is -0.0576. The summed E-state index contributed by atoms with van der Waals surface area (Å²) < 4.78 is 5.13. The van der Waals surface area contributed by atoms with Gasteiger partial charge < -0.3 is 9.72 Å². The normalized spacial score (nSPS) is 10.2. The van der Waals surface area contributed by atoms with E-state index in [1.807, 2.05) is 6.92 Å². The molecule has 0 aliphatic rings. The molecule has 0 aromatic carbocycles. The molecule has 0 saturated carbocycles. The van der Waals surface area contributed by atoms with Crippen LogP contribution in [0.5, 0.6) is 0 Å².